The van der Waals surface area contributed by atoms with Crippen LogP contribution in [0, 0.1) is 0 Å². The van der Waals surface area contributed by atoms with Crippen LogP contribution in [0.25, 0.3) is 0 Å². The van der Waals surface area contributed by atoms with Gasteiger partial charge in [-0.05, 0) is 0 Å². The van der Waals surface area contributed by atoms with Gasteiger partial charge >= 0.3 is 212 Å². The predicted molar refractivity (Wildman–Crippen MR) is 183 cm³/mol. The van der Waals surface area contributed by atoms with Crippen molar-refractivity contribution in [3.63, 3.8) is 0 Å². The van der Waals surface area contributed by atoms with Crippen LogP contribution in [0.5, 0.6) is 0 Å². The summed E-state index contributed by atoms with van der Waals surface area (Å²) in [5.74, 6) is 0. The molecule has 1 rings (SSSR count). The van der Waals surface area contributed by atoms with Gasteiger partial charge in [-0.2, -0.15) is 0 Å². The molecule has 258 valence electrons. The third kappa shape index (κ3) is 18.8. The third-order valence-corrected chi connectivity index (χ3v) is 10.9. The quantitative estimate of drug-likeness (QED) is 0.0530. The van der Waals surface area contributed by atoms with Crippen LogP contribution < -0.4 is 0 Å². The number of methoxy groups -OCH3 is 1. The van der Waals surface area contributed by atoms with E-state index in [1.54, 1.807) is 7.11 Å². The molecule has 0 aliphatic carbocycles. The van der Waals surface area contributed by atoms with E-state index in [1.165, 1.54) is 83.7 Å². The fourth-order valence-corrected chi connectivity index (χ4v) is 6.40. The molecule has 8 nitrogen and oxygen atoms in total. The number of quaternary nitrogens is 1. The number of nitrogens with zero attached hydrogens (tertiary/aromatic N) is 1. The van der Waals surface area contributed by atoms with Gasteiger partial charge in [0.1, 0.15) is 0 Å². The van der Waals surface area contributed by atoms with Crippen LogP contribution in [0.1, 0.15) is 109 Å². The van der Waals surface area contributed by atoms with Crippen LogP contribution in [0.3, 0.4) is 0 Å². The van der Waals surface area contributed by atoms with Gasteiger partial charge in [-0.3, -0.25) is 0 Å². The Morgan fingerprint density at radius 3 is 1.86 bits per heavy atom. The molecule has 9 heteroatoms. The van der Waals surface area contributed by atoms with E-state index in [9.17, 15) is 9.69 Å². The Balaban J connectivity index is 2.38. The van der Waals surface area contributed by atoms with Crippen molar-refractivity contribution in [3.05, 3.63) is 35.9 Å². The number of benzene rings is 1. The first-order chi connectivity index (χ1) is 21.0. The second-order valence-corrected chi connectivity index (χ2v) is 16.5. The van der Waals surface area contributed by atoms with Crippen molar-refractivity contribution in [2.24, 2.45) is 0 Å². The first kappa shape index (κ1) is 40.9. The van der Waals surface area contributed by atoms with Gasteiger partial charge in [-0.1, -0.05) is 58.3 Å². The normalized spacial score (nSPS) is 13.8. The molecule has 0 fully saturated rings. The second-order valence-electron chi connectivity index (χ2n) is 13.0. The van der Waals surface area contributed by atoms with E-state index < -0.39 is 19.1 Å². The van der Waals surface area contributed by atoms with Gasteiger partial charge in [-0.25, -0.2) is 0 Å². The molecule has 0 aromatic heterocycles. The molecule has 1 N–H and O–H groups in total. The Morgan fingerprint density at radius 2 is 1.34 bits per heavy atom. The van der Waals surface area contributed by atoms with Crippen LogP contribution in [-0.2, 0) is 29.9 Å². The van der Waals surface area contributed by atoms with Crippen molar-refractivity contribution in [3.8, 4) is 0 Å². The Labute approximate surface area is 269 Å². The average molecular weight is 645 g/mol. The molecular weight excluding hydrogens is 577 g/mol. The van der Waals surface area contributed by atoms with E-state index in [0.29, 0.717) is 24.2 Å². The molecule has 0 radical (unpaired) electrons. The van der Waals surface area contributed by atoms with Crippen LogP contribution in [0.15, 0.2) is 30.3 Å². The Hall–Kier alpha value is -1.12. The summed E-state index contributed by atoms with van der Waals surface area (Å²) in [6.07, 6.45) is 18.0. The first-order valence-electron chi connectivity index (χ1n) is 17.3. The average Bonchev–Trinajstić information content (AvgIpc) is 3.01. The molecule has 0 heterocycles. The van der Waals surface area contributed by atoms with Crippen LogP contribution >= 0.6 is 7.28 Å². The number of likely N-dealkylation sites (N-methyl/N-ethyl adjacent to an activating group) is 1. The molecule has 44 heavy (non-hydrogen) atoms. The van der Waals surface area contributed by atoms with Gasteiger partial charge in [-0.15, -0.1) is 0 Å². The van der Waals surface area contributed by atoms with Crippen molar-refractivity contribution in [2.75, 3.05) is 67.4 Å². The van der Waals surface area contributed by atoms with Gasteiger partial charge in [0.05, 0.1) is 0 Å². The molecule has 0 amide bonds. The fraction of sp³-hybridized carbons (Fsp3) is 0.800. The topological polar surface area (TPSA) is 83.5 Å². The molecule has 0 spiro atoms. The summed E-state index contributed by atoms with van der Waals surface area (Å²) in [6.45, 7) is 8.26. The van der Waals surface area contributed by atoms with Gasteiger partial charge in [0.25, 0.3) is 0 Å². The first-order valence-corrected chi connectivity index (χ1v) is 19.7. The zero-order chi connectivity index (χ0) is 32.6. The molecule has 0 aliphatic rings. The van der Waals surface area contributed by atoms with Gasteiger partial charge in [0.15, 0.2) is 0 Å². The maximum absolute atomic E-state index is 13.3. The number of hydrogen-bond acceptors (Lipinski definition) is 7. The van der Waals surface area contributed by atoms with Crippen molar-refractivity contribution < 1.29 is 37.4 Å². The van der Waals surface area contributed by atoms with E-state index in [0.717, 1.165) is 24.9 Å². The van der Waals surface area contributed by atoms with E-state index in [-0.39, 0.29) is 19.8 Å². The summed E-state index contributed by atoms with van der Waals surface area (Å²) in [7, 11) is 0.909. The van der Waals surface area contributed by atoms with Crippen molar-refractivity contribution in [1.29, 1.82) is 0 Å². The molecule has 0 saturated heterocycles. The van der Waals surface area contributed by atoms with Crippen LogP contribution in [-0.4, -0.2) is 88.6 Å². The fourth-order valence-electron chi connectivity index (χ4n) is 4.73. The van der Waals surface area contributed by atoms with Gasteiger partial charge in [0.2, 0.25) is 0 Å². The summed E-state index contributed by atoms with van der Waals surface area (Å²) >= 11 is 0. The van der Waals surface area contributed by atoms with Gasteiger partial charge < -0.3 is 0 Å². The summed E-state index contributed by atoms with van der Waals surface area (Å²) in [5.41, 5.74) is -0.0605. The molecule has 0 saturated carbocycles. The molecule has 0 unspecified atom stereocenters. The zero-order valence-corrected chi connectivity index (χ0v) is 30.0. The monoisotopic (exact) mass is 644 g/mol. The molecular formula is C35H67NO7P+. The molecule has 0 aliphatic heterocycles. The Bertz CT molecular complexity index is 853. The molecule has 1 aromatic carbocycles. The van der Waals surface area contributed by atoms with E-state index in [2.05, 4.69) is 27.9 Å². The minimum atomic E-state index is -4.79. The van der Waals surface area contributed by atoms with E-state index >= 15 is 0 Å². The molecule has 0 bridgehead atoms. The predicted octanol–water partition coefficient (Wildman–Crippen LogP) is 8.89. The number of carbonyl (C=O) groups is 1. The zero-order valence-electron chi connectivity index (χ0n) is 29.1. The van der Waals surface area contributed by atoms with E-state index in [4.69, 9.17) is 23.3 Å². The molecule has 1 aromatic rings. The number of rotatable bonds is 29. The maximum atomic E-state index is 13.3. The number of unbranched alkanes of at least 4 members (excludes halogenated alkanes) is 13. The molecule has 1 atom stereocenters. The summed E-state index contributed by atoms with van der Waals surface area (Å²) < 4.78 is 29.4. The second kappa shape index (κ2) is 23.2. The van der Waals surface area contributed by atoms with Crippen molar-refractivity contribution in [2.45, 2.75) is 116 Å². The van der Waals surface area contributed by atoms with Crippen molar-refractivity contribution >= 4 is 13.0 Å². The van der Waals surface area contributed by atoms with Crippen LogP contribution in [0.4, 0.5) is 4.79 Å². The summed E-state index contributed by atoms with van der Waals surface area (Å²) in [6, 6.07) is 9.34. The van der Waals surface area contributed by atoms with Crippen molar-refractivity contribution in [1.82, 2.24) is 0 Å². The van der Waals surface area contributed by atoms with Crippen LogP contribution in [0.2, 0.25) is 0 Å². The SMILES string of the molecule is CCCCCCCCCCCCCCCCOC[C@@H](COP(C)(O)(OCC[N+](C)(C)CC)C(=O)OCc1ccccc1)OC. The Kier molecular flexibility index (Phi) is 21.6. The van der Waals surface area contributed by atoms with Gasteiger partial charge in [0, 0.05) is 0 Å². The minimum absolute atomic E-state index is 0.0191. The third-order valence-electron chi connectivity index (χ3n) is 8.41. The number of hydrogen-bond donors (Lipinski definition) is 1. The Morgan fingerprint density at radius 1 is 0.795 bits per heavy atom. The summed E-state index contributed by atoms with van der Waals surface area (Å²) in [5, 5.41) is 0. The van der Waals surface area contributed by atoms with E-state index in [1.807, 2.05) is 30.3 Å². The standard InChI is InChI=1S/C35H67NO7P/c1-7-9-10-11-12-13-14-15-16-17-18-19-20-24-28-40-31-34(39-5)32-43-44(6,38,42-29-27-36(3,4)8-2)35(37)41-30-33-25-22-21-23-26-33/h21-23,25-26,34,38H,7-20,24,27-32H2,1-6H3/q+1/t34-/m0/s1. The number of carbonyl (C=O) groups excluding carboxylic acids is 1. The number of ether oxygens (including phenoxy) is 3. The summed E-state index contributed by atoms with van der Waals surface area (Å²) in [4.78, 5) is 24.9.